The molecule has 0 aromatic heterocycles. The zero-order chi connectivity index (χ0) is 24.6. The smallest absolute Gasteiger partial charge is 0.321 e. The number of hydrogen-bond donors (Lipinski definition) is 1. The molecule has 186 valence electrons. The van der Waals surface area contributed by atoms with E-state index < -0.39 is 0 Å². The van der Waals surface area contributed by atoms with Gasteiger partial charge in [0.1, 0.15) is 18.3 Å². The molecular weight excluding hydrogens is 436 g/mol. The number of amides is 3. The van der Waals surface area contributed by atoms with Crippen molar-refractivity contribution in [1.82, 2.24) is 15.1 Å². The highest BCUT2D eigenvalue weighted by molar-refractivity contribution is 5.99. The van der Waals surface area contributed by atoms with Crippen LogP contribution in [0.2, 0.25) is 0 Å². The number of carbonyl (C=O) groups is 4. The molecule has 1 N–H and O–H groups in total. The summed E-state index contributed by atoms with van der Waals surface area (Å²) < 4.78 is 5.43. The van der Waals surface area contributed by atoms with Crippen molar-refractivity contribution in [3.05, 3.63) is 23.8 Å². The third-order valence-corrected chi connectivity index (χ3v) is 7.24. The molecule has 3 amide bonds. The van der Waals surface area contributed by atoms with E-state index in [1.807, 2.05) is 4.90 Å². The van der Waals surface area contributed by atoms with E-state index >= 15 is 0 Å². The van der Waals surface area contributed by atoms with E-state index in [9.17, 15) is 19.2 Å². The van der Waals surface area contributed by atoms with Gasteiger partial charge in [0.05, 0.1) is 12.8 Å². The molecule has 9 heteroatoms. The van der Waals surface area contributed by atoms with Crippen LogP contribution >= 0.6 is 0 Å². The van der Waals surface area contributed by atoms with Gasteiger partial charge >= 0.3 is 6.03 Å². The van der Waals surface area contributed by atoms with E-state index in [4.69, 9.17) is 4.74 Å². The minimum absolute atomic E-state index is 0.0607. The van der Waals surface area contributed by atoms with E-state index in [0.29, 0.717) is 36.5 Å². The second kappa shape index (κ2) is 12.0. The standard InChI is InChI=1S/C25H36N4O5/c1-26-24(33)29(12-4-18-31)21-19-20(5-6-22(21)34-2)23(32)28-15-9-25(10-16-28)7-13-27(14-8-25)11-3-17-30/h5-6,17-19H,3-4,7-16H2,1-2H3,(H,26,33). The molecule has 9 nitrogen and oxygen atoms in total. The van der Waals surface area contributed by atoms with Crippen molar-refractivity contribution < 1.29 is 23.9 Å². The molecule has 3 rings (SSSR count). The fourth-order valence-corrected chi connectivity index (χ4v) is 5.04. The lowest BCUT2D eigenvalue weighted by Crippen LogP contribution is -2.48. The van der Waals surface area contributed by atoms with Crippen LogP contribution in [0, 0.1) is 5.41 Å². The van der Waals surface area contributed by atoms with Gasteiger partial charge in [0.15, 0.2) is 0 Å². The summed E-state index contributed by atoms with van der Waals surface area (Å²) in [6.45, 7) is 4.47. The normalized spacial score (nSPS) is 17.8. The molecule has 1 spiro atoms. The number of methoxy groups -OCH3 is 1. The molecule has 0 bridgehead atoms. The van der Waals surface area contributed by atoms with Gasteiger partial charge in [-0.1, -0.05) is 0 Å². The van der Waals surface area contributed by atoms with Crippen molar-refractivity contribution in [3.63, 3.8) is 0 Å². The van der Waals surface area contributed by atoms with Crippen LogP contribution in [0.5, 0.6) is 5.75 Å². The van der Waals surface area contributed by atoms with Gasteiger partial charge in [-0.05, 0) is 62.4 Å². The van der Waals surface area contributed by atoms with E-state index in [0.717, 1.165) is 57.9 Å². The Kier molecular flexibility index (Phi) is 9.04. The van der Waals surface area contributed by atoms with Gasteiger partial charge in [0.2, 0.25) is 0 Å². The van der Waals surface area contributed by atoms with Crippen molar-refractivity contribution in [2.75, 3.05) is 58.3 Å². The summed E-state index contributed by atoms with van der Waals surface area (Å²) in [6.07, 6.45) is 6.68. The molecule has 2 heterocycles. The van der Waals surface area contributed by atoms with Crippen molar-refractivity contribution >= 4 is 30.2 Å². The number of nitrogens with zero attached hydrogens (tertiary/aromatic N) is 3. The van der Waals surface area contributed by atoms with Crippen molar-refractivity contribution in [2.24, 2.45) is 5.41 Å². The first kappa shape index (κ1) is 25.7. The maximum absolute atomic E-state index is 13.3. The van der Waals surface area contributed by atoms with Gasteiger partial charge < -0.3 is 29.4 Å². The molecule has 0 aliphatic carbocycles. The third kappa shape index (κ3) is 5.94. The van der Waals surface area contributed by atoms with Crippen LogP contribution in [0.15, 0.2) is 18.2 Å². The number of piperidine rings is 2. The third-order valence-electron chi connectivity index (χ3n) is 7.24. The Hall–Kier alpha value is -2.94. The topological polar surface area (TPSA) is 99.3 Å². The van der Waals surface area contributed by atoms with Crippen LogP contribution in [-0.2, 0) is 9.59 Å². The molecule has 0 saturated carbocycles. The van der Waals surface area contributed by atoms with Crippen LogP contribution in [0.1, 0.15) is 48.9 Å². The SMILES string of the molecule is CNC(=O)N(CCC=O)c1cc(C(=O)N2CCC3(CCN(CCC=O)CC3)CC2)ccc1OC. The minimum atomic E-state index is -0.371. The zero-order valence-electron chi connectivity index (χ0n) is 20.3. The summed E-state index contributed by atoms with van der Waals surface area (Å²) in [4.78, 5) is 53.0. The number of hydrogen-bond acceptors (Lipinski definition) is 6. The quantitative estimate of drug-likeness (QED) is 0.554. The molecule has 1 aromatic carbocycles. The monoisotopic (exact) mass is 472 g/mol. The summed E-state index contributed by atoms with van der Waals surface area (Å²) in [5, 5.41) is 2.58. The second-order valence-electron chi connectivity index (χ2n) is 9.14. The lowest BCUT2D eigenvalue weighted by molar-refractivity contribution is -0.108. The molecule has 2 saturated heterocycles. The summed E-state index contributed by atoms with van der Waals surface area (Å²) in [5.74, 6) is 0.402. The van der Waals surface area contributed by atoms with Crippen molar-refractivity contribution in [2.45, 2.75) is 38.5 Å². The number of carbonyl (C=O) groups excluding carboxylic acids is 4. The molecule has 0 unspecified atom stereocenters. The number of ether oxygens (including phenoxy) is 1. The minimum Gasteiger partial charge on any atom is -0.495 e. The molecule has 2 aliphatic heterocycles. The van der Waals surface area contributed by atoms with Gasteiger partial charge in [-0.2, -0.15) is 0 Å². The first-order valence-corrected chi connectivity index (χ1v) is 12.0. The Bertz CT molecular complexity index is 872. The summed E-state index contributed by atoms with van der Waals surface area (Å²) in [6, 6.07) is 4.73. The van der Waals surface area contributed by atoms with Crippen LogP contribution < -0.4 is 15.0 Å². The Morgan fingerprint density at radius 2 is 1.71 bits per heavy atom. The average Bonchev–Trinajstić information content (AvgIpc) is 2.88. The van der Waals surface area contributed by atoms with Crippen LogP contribution in [-0.4, -0.2) is 87.7 Å². The molecule has 2 fully saturated rings. The van der Waals surface area contributed by atoms with E-state index in [1.54, 1.807) is 18.2 Å². The first-order valence-electron chi connectivity index (χ1n) is 12.0. The summed E-state index contributed by atoms with van der Waals surface area (Å²) >= 11 is 0. The highest BCUT2D eigenvalue weighted by Gasteiger charge is 2.38. The van der Waals surface area contributed by atoms with Gasteiger partial charge in [0.25, 0.3) is 5.91 Å². The highest BCUT2D eigenvalue weighted by Crippen LogP contribution is 2.41. The molecule has 34 heavy (non-hydrogen) atoms. The van der Waals surface area contributed by atoms with Gasteiger partial charge in [-0.15, -0.1) is 0 Å². The molecular formula is C25H36N4O5. The molecule has 0 atom stereocenters. The van der Waals surface area contributed by atoms with Crippen LogP contribution in [0.25, 0.3) is 0 Å². The number of urea groups is 1. The largest absolute Gasteiger partial charge is 0.495 e. The van der Waals surface area contributed by atoms with Crippen molar-refractivity contribution in [3.8, 4) is 5.75 Å². The Morgan fingerprint density at radius 3 is 2.29 bits per heavy atom. The average molecular weight is 473 g/mol. The Morgan fingerprint density at radius 1 is 1.06 bits per heavy atom. The lowest BCUT2D eigenvalue weighted by atomic mass is 9.71. The maximum Gasteiger partial charge on any atom is 0.321 e. The van der Waals surface area contributed by atoms with Crippen molar-refractivity contribution in [1.29, 1.82) is 0 Å². The summed E-state index contributed by atoms with van der Waals surface area (Å²) in [7, 11) is 3.03. The van der Waals surface area contributed by atoms with Gasteiger partial charge in [-0.25, -0.2) is 4.79 Å². The number of anilines is 1. The Balaban J connectivity index is 1.68. The lowest BCUT2D eigenvalue weighted by Gasteiger charge is -2.47. The highest BCUT2D eigenvalue weighted by atomic mass is 16.5. The van der Waals surface area contributed by atoms with E-state index in [1.165, 1.54) is 19.1 Å². The van der Waals surface area contributed by atoms with Gasteiger partial charge in [0, 0.05) is 51.6 Å². The second-order valence-corrected chi connectivity index (χ2v) is 9.14. The zero-order valence-corrected chi connectivity index (χ0v) is 20.3. The van der Waals surface area contributed by atoms with Crippen LogP contribution in [0.4, 0.5) is 10.5 Å². The van der Waals surface area contributed by atoms with Gasteiger partial charge in [-0.3, -0.25) is 9.69 Å². The van der Waals surface area contributed by atoms with E-state index in [2.05, 4.69) is 10.2 Å². The number of rotatable bonds is 9. The Labute approximate surface area is 201 Å². The number of likely N-dealkylation sites (tertiary alicyclic amines) is 2. The number of benzene rings is 1. The maximum atomic E-state index is 13.3. The number of nitrogens with one attached hydrogen (secondary N) is 1. The predicted molar refractivity (Wildman–Crippen MR) is 129 cm³/mol. The predicted octanol–water partition coefficient (Wildman–Crippen LogP) is 2.34. The molecule has 1 aromatic rings. The first-order chi connectivity index (χ1) is 16.5. The van der Waals surface area contributed by atoms with E-state index in [-0.39, 0.29) is 30.3 Å². The molecule has 2 aliphatic rings. The summed E-state index contributed by atoms with van der Waals surface area (Å²) in [5.41, 5.74) is 1.24. The fraction of sp³-hybridized carbons (Fsp3) is 0.600. The molecule has 0 radical (unpaired) electrons. The van der Waals surface area contributed by atoms with Crippen LogP contribution in [0.3, 0.4) is 0 Å². The number of aldehydes is 2. The fourth-order valence-electron chi connectivity index (χ4n) is 5.04.